The molecule has 168 valence electrons. The largest absolute Gasteiger partial charge is 0.492 e. The van der Waals surface area contributed by atoms with Gasteiger partial charge in [0.2, 0.25) is 0 Å². The van der Waals surface area contributed by atoms with Crippen molar-refractivity contribution in [3.8, 4) is 5.75 Å². The fraction of sp³-hybridized carbons (Fsp3) is 0.316. The highest BCUT2D eigenvalue weighted by Crippen LogP contribution is 2.32. The minimum absolute atomic E-state index is 0.0342. The van der Waals surface area contributed by atoms with E-state index in [1.54, 1.807) is 6.07 Å². The normalized spacial score (nSPS) is 15.0. The number of hydrogen-bond acceptors (Lipinski definition) is 5. The Balaban J connectivity index is 1.78. The van der Waals surface area contributed by atoms with Crippen molar-refractivity contribution < 1.29 is 26.7 Å². The van der Waals surface area contributed by atoms with Gasteiger partial charge in [-0.25, -0.2) is 8.78 Å². The second-order valence-electron chi connectivity index (χ2n) is 7.22. The highest BCUT2D eigenvalue weighted by atomic mass is 127. The van der Waals surface area contributed by atoms with Gasteiger partial charge in [-0.2, -0.15) is 17.0 Å². The van der Waals surface area contributed by atoms with E-state index in [1.807, 2.05) is 22.6 Å². The number of primary amides is 1. The number of hydrogen-bond donors (Lipinski definition) is 2. The van der Waals surface area contributed by atoms with Crippen LogP contribution in [-0.4, -0.2) is 56.7 Å². The Morgan fingerprint density at radius 1 is 1.26 bits per heavy atom. The molecule has 8 nitrogen and oxygen atoms in total. The Bertz CT molecular complexity index is 1110. The van der Waals surface area contributed by atoms with Gasteiger partial charge in [-0.05, 0) is 46.9 Å². The summed E-state index contributed by atoms with van der Waals surface area (Å²) >= 11 is 1.95. The van der Waals surface area contributed by atoms with Crippen molar-refractivity contribution in [2.45, 2.75) is 0 Å². The van der Waals surface area contributed by atoms with E-state index in [0.29, 0.717) is 3.57 Å². The third-order valence-corrected chi connectivity index (χ3v) is 7.24. The fourth-order valence-electron chi connectivity index (χ4n) is 3.04. The monoisotopic (exact) mass is 566 g/mol. The molecule has 0 atom stereocenters. The van der Waals surface area contributed by atoms with E-state index in [4.69, 9.17) is 10.5 Å². The van der Waals surface area contributed by atoms with E-state index in [0.717, 1.165) is 16.4 Å². The van der Waals surface area contributed by atoms with Crippen LogP contribution < -0.4 is 15.8 Å². The smallest absolute Gasteiger partial charge is 0.281 e. The average molecular weight is 566 g/mol. The molecule has 2 aromatic carbocycles. The Labute approximate surface area is 192 Å². The zero-order valence-electron chi connectivity index (χ0n) is 16.7. The minimum Gasteiger partial charge on any atom is -0.492 e. The molecular formula is C19H21F2IN4O4S. The summed E-state index contributed by atoms with van der Waals surface area (Å²) in [5, 5.41) is 2.69. The maximum absolute atomic E-state index is 14.2. The molecule has 0 radical (unpaired) electrons. The summed E-state index contributed by atoms with van der Waals surface area (Å²) in [6, 6.07) is 6.44. The van der Waals surface area contributed by atoms with Gasteiger partial charge in [0.15, 0.2) is 0 Å². The third-order valence-electron chi connectivity index (χ3n) is 4.70. The predicted molar refractivity (Wildman–Crippen MR) is 120 cm³/mol. The molecule has 0 bridgehead atoms. The minimum atomic E-state index is -3.50. The van der Waals surface area contributed by atoms with Crippen molar-refractivity contribution in [1.29, 1.82) is 0 Å². The molecule has 0 aliphatic carbocycles. The van der Waals surface area contributed by atoms with Gasteiger partial charge in [0.25, 0.3) is 16.1 Å². The molecule has 0 unspecified atom stereocenters. The number of ether oxygens (including phenoxy) is 1. The van der Waals surface area contributed by atoms with Gasteiger partial charge in [0, 0.05) is 42.7 Å². The number of amides is 1. The summed E-state index contributed by atoms with van der Waals surface area (Å²) in [6.07, 6.45) is 0. The number of nitrogens with one attached hydrogen (secondary N) is 1. The van der Waals surface area contributed by atoms with Gasteiger partial charge in [-0.15, -0.1) is 0 Å². The van der Waals surface area contributed by atoms with Crippen LogP contribution in [0.25, 0.3) is 0 Å². The lowest BCUT2D eigenvalue weighted by molar-refractivity contribution is 0.0988. The molecule has 3 N–H and O–H groups in total. The lowest BCUT2D eigenvalue weighted by Crippen LogP contribution is -2.55. The summed E-state index contributed by atoms with van der Waals surface area (Å²) in [5.41, 5.74) is 5.36. The van der Waals surface area contributed by atoms with Crippen LogP contribution in [-0.2, 0) is 10.2 Å². The molecule has 1 aliphatic heterocycles. The van der Waals surface area contributed by atoms with Gasteiger partial charge in [-0.3, -0.25) is 4.79 Å². The Morgan fingerprint density at radius 3 is 2.52 bits per heavy atom. The molecular weight excluding hydrogens is 545 g/mol. The molecule has 1 heterocycles. The summed E-state index contributed by atoms with van der Waals surface area (Å²) in [7, 11) is -0.621. The summed E-state index contributed by atoms with van der Waals surface area (Å²) in [5.74, 6) is -2.41. The number of benzene rings is 2. The van der Waals surface area contributed by atoms with Crippen LogP contribution >= 0.6 is 22.6 Å². The molecule has 1 fully saturated rings. The third kappa shape index (κ3) is 5.25. The van der Waals surface area contributed by atoms with Crippen LogP contribution in [0.15, 0.2) is 30.3 Å². The molecule has 31 heavy (non-hydrogen) atoms. The highest BCUT2D eigenvalue weighted by Gasteiger charge is 2.37. The van der Waals surface area contributed by atoms with Crippen molar-refractivity contribution in [3.63, 3.8) is 0 Å². The average Bonchev–Trinajstić information content (AvgIpc) is 2.61. The van der Waals surface area contributed by atoms with E-state index in [9.17, 15) is 22.0 Å². The van der Waals surface area contributed by atoms with Gasteiger partial charge >= 0.3 is 0 Å². The molecule has 12 heteroatoms. The Kier molecular flexibility index (Phi) is 7.03. The van der Waals surface area contributed by atoms with Crippen LogP contribution in [0.2, 0.25) is 0 Å². The van der Waals surface area contributed by atoms with Crippen molar-refractivity contribution in [2.75, 3.05) is 39.1 Å². The van der Waals surface area contributed by atoms with Crippen molar-refractivity contribution in [2.24, 2.45) is 11.7 Å². The van der Waals surface area contributed by atoms with E-state index in [1.165, 1.54) is 30.5 Å². The molecule has 1 amide bonds. The number of carbonyl (C=O) groups excluding carboxylic acids is 1. The van der Waals surface area contributed by atoms with Gasteiger partial charge < -0.3 is 15.8 Å². The number of halogens is 3. The number of nitrogens with zero attached hydrogens (tertiary/aromatic N) is 2. The zero-order chi connectivity index (χ0) is 22.9. The van der Waals surface area contributed by atoms with Crippen LogP contribution in [0.1, 0.15) is 10.4 Å². The van der Waals surface area contributed by atoms with Crippen molar-refractivity contribution >= 4 is 50.1 Å². The quantitative estimate of drug-likeness (QED) is 0.478. The van der Waals surface area contributed by atoms with Crippen LogP contribution in [0.5, 0.6) is 5.75 Å². The fourth-order valence-corrected chi connectivity index (χ4v) is 4.75. The van der Waals surface area contributed by atoms with Crippen LogP contribution in [0, 0.1) is 21.1 Å². The number of anilines is 2. The Morgan fingerprint density at radius 2 is 1.94 bits per heavy atom. The maximum Gasteiger partial charge on any atom is 0.281 e. The summed E-state index contributed by atoms with van der Waals surface area (Å²) < 4.78 is 61.2. The predicted octanol–water partition coefficient (Wildman–Crippen LogP) is 2.53. The molecule has 0 aromatic heterocycles. The highest BCUT2D eigenvalue weighted by molar-refractivity contribution is 14.1. The van der Waals surface area contributed by atoms with Gasteiger partial charge in [-0.1, -0.05) is 0 Å². The SMILES string of the molecule is CN(C)S(=O)(=O)N1CC(COc2cc(F)cc(Nc3ccc(I)cc3F)c2C(N)=O)C1. The number of carbonyl (C=O) groups is 1. The van der Waals surface area contributed by atoms with E-state index in [-0.39, 0.29) is 48.3 Å². The van der Waals surface area contributed by atoms with E-state index < -0.39 is 27.8 Å². The first kappa shape index (κ1) is 23.6. The Hall–Kier alpha value is -2.03. The molecule has 0 saturated carbocycles. The lowest BCUT2D eigenvalue weighted by atomic mass is 10.1. The van der Waals surface area contributed by atoms with Crippen molar-refractivity contribution in [3.05, 3.63) is 51.1 Å². The number of rotatable bonds is 8. The van der Waals surface area contributed by atoms with Crippen molar-refractivity contribution in [1.82, 2.24) is 8.61 Å². The van der Waals surface area contributed by atoms with Crippen LogP contribution in [0.3, 0.4) is 0 Å². The molecule has 3 rings (SSSR count). The number of nitrogens with two attached hydrogens (primary N) is 1. The molecule has 1 saturated heterocycles. The second-order valence-corrected chi connectivity index (χ2v) is 10.6. The van der Waals surface area contributed by atoms with Crippen LogP contribution in [0.4, 0.5) is 20.2 Å². The van der Waals surface area contributed by atoms with Gasteiger partial charge in [0.1, 0.15) is 22.9 Å². The molecule has 2 aromatic rings. The first-order chi connectivity index (χ1) is 14.5. The van der Waals surface area contributed by atoms with E-state index in [2.05, 4.69) is 5.32 Å². The zero-order valence-corrected chi connectivity index (χ0v) is 19.7. The second kappa shape index (κ2) is 9.22. The summed E-state index contributed by atoms with van der Waals surface area (Å²) in [4.78, 5) is 12.1. The maximum atomic E-state index is 14.2. The standard InChI is InChI=1S/C19H21F2IN4O4S/c1-25(2)31(28,29)26-8-11(9-26)10-30-17-6-12(20)5-16(18(17)19(23)27)24-15-4-3-13(22)7-14(15)21/h3-7,11,24H,8-10H2,1-2H3,(H2,23,27). The first-order valence-corrected chi connectivity index (χ1v) is 11.6. The molecule has 0 spiro atoms. The topological polar surface area (TPSA) is 105 Å². The molecule has 1 aliphatic rings. The lowest BCUT2D eigenvalue weighted by Gasteiger charge is -2.39. The van der Waals surface area contributed by atoms with E-state index >= 15 is 0 Å². The summed E-state index contributed by atoms with van der Waals surface area (Å²) in [6.45, 7) is 0.530. The first-order valence-electron chi connectivity index (χ1n) is 9.15. The van der Waals surface area contributed by atoms with Gasteiger partial charge in [0.05, 0.1) is 18.0 Å².